The van der Waals surface area contributed by atoms with E-state index in [0.29, 0.717) is 23.3 Å². The number of fused-ring (bicyclic) bond motifs is 1. The molecule has 0 saturated carbocycles. The second-order valence-electron chi connectivity index (χ2n) is 5.63. The summed E-state index contributed by atoms with van der Waals surface area (Å²) in [4.78, 5) is 16.3. The van der Waals surface area contributed by atoms with Gasteiger partial charge in [-0.05, 0) is 35.9 Å². The maximum absolute atomic E-state index is 12.4. The standard InChI is InChI=1S/C19H15N5O/c25-19(21-16-8-10-20-11-9-16)15-6-7-18-17(12-15)22-23-24(18)13-14-4-2-1-3-5-14/h1-12H,13H2,(H,20,21,25). The van der Waals surface area contributed by atoms with E-state index in [9.17, 15) is 4.79 Å². The summed E-state index contributed by atoms with van der Waals surface area (Å²) in [5, 5.41) is 11.2. The summed E-state index contributed by atoms with van der Waals surface area (Å²) < 4.78 is 1.83. The second-order valence-corrected chi connectivity index (χ2v) is 5.63. The molecule has 2 aromatic carbocycles. The molecule has 0 bridgehead atoms. The number of anilines is 1. The molecule has 4 aromatic rings. The molecule has 0 aliphatic heterocycles. The third kappa shape index (κ3) is 3.23. The van der Waals surface area contributed by atoms with E-state index in [1.54, 1.807) is 36.7 Å². The maximum Gasteiger partial charge on any atom is 0.255 e. The van der Waals surface area contributed by atoms with Gasteiger partial charge >= 0.3 is 0 Å². The number of aromatic nitrogens is 4. The van der Waals surface area contributed by atoms with Crippen LogP contribution in [0.5, 0.6) is 0 Å². The summed E-state index contributed by atoms with van der Waals surface area (Å²) >= 11 is 0. The van der Waals surface area contributed by atoms with E-state index in [0.717, 1.165) is 11.1 Å². The topological polar surface area (TPSA) is 72.7 Å². The minimum absolute atomic E-state index is 0.189. The fourth-order valence-corrected chi connectivity index (χ4v) is 2.63. The van der Waals surface area contributed by atoms with Gasteiger partial charge < -0.3 is 5.32 Å². The number of nitrogens with one attached hydrogen (secondary N) is 1. The first kappa shape index (κ1) is 15.0. The molecule has 122 valence electrons. The van der Waals surface area contributed by atoms with Crippen LogP contribution in [0.4, 0.5) is 5.69 Å². The van der Waals surface area contributed by atoms with Crippen LogP contribution in [0.25, 0.3) is 11.0 Å². The monoisotopic (exact) mass is 329 g/mol. The van der Waals surface area contributed by atoms with Gasteiger partial charge in [0.15, 0.2) is 0 Å². The van der Waals surface area contributed by atoms with E-state index >= 15 is 0 Å². The molecule has 1 amide bonds. The van der Waals surface area contributed by atoms with Crippen LogP contribution in [0.1, 0.15) is 15.9 Å². The van der Waals surface area contributed by atoms with Gasteiger partial charge in [0.05, 0.1) is 12.1 Å². The Labute approximate surface area is 144 Å². The van der Waals surface area contributed by atoms with E-state index in [1.807, 2.05) is 41.1 Å². The number of carbonyl (C=O) groups is 1. The first-order chi connectivity index (χ1) is 12.3. The first-order valence-corrected chi connectivity index (χ1v) is 7.88. The zero-order chi connectivity index (χ0) is 17.1. The Kier molecular flexibility index (Phi) is 3.92. The molecule has 1 N–H and O–H groups in total. The van der Waals surface area contributed by atoms with E-state index < -0.39 is 0 Å². The lowest BCUT2D eigenvalue weighted by molar-refractivity contribution is 0.102. The number of rotatable bonds is 4. The van der Waals surface area contributed by atoms with Crippen LogP contribution in [-0.4, -0.2) is 25.9 Å². The lowest BCUT2D eigenvalue weighted by Crippen LogP contribution is -2.11. The molecule has 2 aromatic heterocycles. The van der Waals surface area contributed by atoms with E-state index in [2.05, 4.69) is 20.6 Å². The van der Waals surface area contributed by atoms with E-state index in [-0.39, 0.29) is 5.91 Å². The third-order valence-electron chi connectivity index (χ3n) is 3.89. The van der Waals surface area contributed by atoms with Crippen molar-refractivity contribution >= 4 is 22.6 Å². The summed E-state index contributed by atoms with van der Waals surface area (Å²) in [5.41, 5.74) is 3.97. The molecular formula is C19H15N5O. The second kappa shape index (κ2) is 6.52. The van der Waals surface area contributed by atoms with E-state index in [4.69, 9.17) is 0 Å². The van der Waals surface area contributed by atoms with Crippen molar-refractivity contribution in [3.05, 3.63) is 84.2 Å². The van der Waals surface area contributed by atoms with Gasteiger partial charge in [-0.3, -0.25) is 9.78 Å². The quantitative estimate of drug-likeness (QED) is 0.624. The third-order valence-corrected chi connectivity index (χ3v) is 3.89. The number of hydrogen-bond donors (Lipinski definition) is 1. The minimum Gasteiger partial charge on any atom is -0.322 e. The average Bonchev–Trinajstić information content (AvgIpc) is 3.05. The Morgan fingerprint density at radius 3 is 2.60 bits per heavy atom. The molecule has 2 heterocycles. The van der Waals surface area contributed by atoms with Crippen molar-refractivity contribution in [1.82, 2.24) is 20.0 Å². The molecule has 6 heteroatoms. The predicted octanol–water partition coefficient (Wildman–Crippen LogP) is 3.13. The minimum atomic E-state index is -0.189. The highest BCUT2D eigenvalue weighted by molar-refractivity contribution is 6.05. The Morgan fingerprint density at radius 1 is 1.00 bits per heavy atom. The lowest BCUT2D eigenvalue weighted by atomic mass is 10.1. The molecule has 25 heavy (non-hydrogen) atoms. The lowest BCUT2D eigenvalue weighted by Gasteiger charge is -2.05. The molecule has 0 aliphatic carbocycles. The highest BCUT2D eigenvalue weighted by atomic mass is 16.1. The highest BCUT2D eigenvalue weighted by Gasteiger charge is 2.11. The van der Waals surface area contributed by atoms with Gasteiger partial charge in [-0.15, -0.1) is 5.10 Å². The Bertz CT molecular complexity index is 1010. The average molecular weight is 329 g/mol. The fourth-order valence-electron chi connectivity index (χ4n) is 2.63. The summed E-state index contributed by atoms with van der Waals surface area (Å²) in [6, 6.07) is 19.0. The molecule has 0 fully saturated rings. The van der Waals surface area contributed by atoms with Crippen LogP contribution in [-0.2, 0) is 6.54 Å². The van der Waals surface area contributed by atoms with Crippen molar-refractivity contribution in [3.63, 3.8) is 0 Å². The number of benzene rings is 2. The van der Waals surface area contributed by atoms with Gasteiger partial charge in [0.2, 0.25) is 0 Å². The Morgan fingerprint density at radius 2 is 1.80 bits per heavy atom. The highest BCUT2D eigenvalue weighted by Crippen LogP contribution is 2.16. The molecule has 4 rings (SSSR count). The molecule has 0 aliphatic rings. The van der Waals surface area contributed by atoms with Gasteiger partial charge in [-0.25, -0.2) is 4.68 Å². The zero-order valence-electron chi connectivity index (χ0n) is 13.3. The number of hydrogen-bond acceptors (Lipinski definition) is 4. The van der Waals surface area contributed by atoms with Crippen LogP contribution >= 0.6 is 0 Å². The Balaban J connectivity index is 1.58. The van der Waals surface area contributed by atoms with Gasteiger partial charge in [-0.2, -0.15) is 0 Å². The molecule has 0 atom stereocenters. The van der Waals surface area contributed by atoms with Crippen molar-refractivity contribution in [1.29, 1.82) is 0 Å². The smallest absolute Gasteiger partial charge is 0.255 e. The summed E-state index contributed by atoms with van der Waals surface area (Å²) in [7, 11) is 0. The van der Waals surface area contributed by atoms with Gasteiger partial charge in [-0.1, -0.05) is 35.5 Å². The van der Waals surface area contributed by atoms with Gasteiger partial charge in [0.1, 0.15) is 5.52 Å². The number of pyridine rings is 1. The van der Waals surface area contributed by atoms with Gasteiger partial charge in [0, 0.05) is 23.6 Å². The normalized spacial score (nSPS) is 10.7. The van der Waals surface area contributed by atoms with Crippen molar-refractivity contribution < 1.29 is 4.79 Å². The summed E-state index contributed by atoms with van der Waals surface area (Å²) in [6.45, 7) is 0.639. The molecule has 0 spiro atoms. The molecule has 6 nitrogen and oxygen atoms in total. The van der Waals surface area contributed by atoms with Gasteiger partial charge in [0.25, 0.3) is 5.91 Å². The van der Waals surface area contributed by atoms with Crippen molar-refractivity contribution in [2.75, 3.05) is 5.32 Å². The summed E-state index contributed by atoms with van der Waals surface area (Å²) in [5.74, 6) is -0.189. The van der Waals surface area contributed by atoms with Crippen LogP contribution in [0, 0.1) is 0 Å². The van der Waals surface area contributed by atoms with Crippen molar-refractivity contribution in [2.24, 2.45) is 0 Å². The number of nitrogens with zero attached hydrogens (tertiary/aromatic N) is 4. The largest absolute Gasteiger partial charge is 0.322 e. The van der Waals surface area contributed by atoms with Crippen LogP contribution in [0.2, 0.25) is 0 Å². The fraction of sp³-hybridized carbons (Fsp3) is 0.0526. The SMILES string of the molecule is O=C(Nc1ccncc1)c1ccc2c(c1)nnn2Cc1ccccc1. The zero-order valence-corrected chi connectivity index (χ0v) is 13.3. The first-order valence-electron chi connectivity index (χ1n) is 7.88. The number of amides is 1. The van der Waals surface area contributed by atoms with Crippen molar-refractivity contribution in [2.45, 2.75) is 6.54 Å². The number of carbonyl (C=O) groups excluding carboxylic acids is 1. The molecule has 0 saturated heterocycles. The molecular weight excluding hydrogens is 314 g/mol. The molecule has 0 unspecified atom stereocenters. The van der Waals surface area contributed by atoms with Crippen LogP contribution in [0.3, 0.4) is 0 Å². The maximum atomic E-state index is 12.4. The summed E-state index contributed by atoms with van der Waals surface area (Å²) in [6.07, 6.45) is 3.27. The predicted molar refractivity (Wildman–Crippen MR) is 95.3 cm³/mol. The van der Waals surface area contributed by atoms with Crippen LogP contribution in [0.15, 0.2) is 73.1 Å². The molecule has 0 radical (unpaired) electrons. The van der Waals surface area contributed by atoms with Crippen LogP contribution < -0.4 is 5.32 Å². The van der Waals surface area contributed by atoms with Crippen molar-refractivity contribution in [3.8, 4) is 0 Å². The van der Waals surface area contributed by atoms with E-state index in [1.165, 1.54) is 0 Å². The Hall–Kier alpha value is -3.54.